The van der Waals surface area contributed by atoms with E-state index in [2.05, 4.69) is 148 Å². The van der Waals surface area contributed by atoms with Crippen molar-refractivity contribution >= 4 is 130 Å². The molecule has 4 aliphatic rings. The maximum atomic E-state index is 5.79. The standard InChI is InChI=1S/C19H16N4.2C19H15N3O.C19H15N3S.C17H12N4S/c1-2-6-14(7-3-1)16-11-10-15(22-16)12-21-19-13-20-17-8-4-5-9-18(17)23-19;1-2-6-14(7-3-1)16-10-11-19(22-16)23-13-15-12-20-17-8-4-5-9-18(17)21-15;1-2-6-14(7-3-1)16-11-10-15(21-16)13-23-19-12-20-17-8-4-5-9-18(17)22-19;1-2-6-14(7-3-1)16-10-11-19(22-16)23-13-15-12-20-17-8-4-5-9-18(17)21-15;1-2-6-12(7-3-1)15-10-19-17(21-15)22-16-11-18-13-8-4-5-9-14(13)20-16/h1-9,11,13H,10,12H2,(H,21,23);1-10,12H,11,13H2;1-9,11-12H,10,13H2;1-10,12H,11,13H2;1-11H,(H,19,21). The van der Waals surface area contributed by atoms with Crippen molar-refractivity contribution in [2.24, 2.45) is 20.0 Å². The van der Waals surface area contributed by atoms with Crippen molar-refractivity contribution in [3.8, 4) is 17.1 Å². The summed E-state index contributed by atoms with van der Waals surface area (Å²) in [7, 11) is 0. The van der Waals surface area contributed by atoms with Gasteiger partial charge in [0, 0.05) is 43.3 Å². The molecule has 114 heavy (non-hydrogen) atoms. The second-order valence-corrected chi connectivity index (χ2v) is 28.2. The van der Waals surface area contributed by atoms with E-state index in [0.717, 1.165) is 181 Å². The van der Waals surface area contributed by atoms with E-state index in [1.165, 1.54) is 17.3 Å². The van der Waals surface area contributed by atoms with Gasteiger partial charge in [-0.05, 0) is 106 Å². The van der Waals surface area contributed by atoms with Gasteiger partial charge in [-0.1, -0.05) is 231 Å². The topological polar surface area (TPSA) is 238 Å². The number of nitrogens with zero attached hydrogens (tertiary/aromatic N) is 15. The van der Waals surface area contributed by atoms with Gasteiger partial charge in [0.15, 0.2) is 11.1 Å². The number of imidazole rings is 1. The molecule has 0 aliphatic carbocycles. The van der Waals surface area contributed by atoms with Crippen LogP contribution in [0, 0.1) is 0 Å². The first-order chi connectivity index (χ1) is 56.4. The summed E-state index contributed by atoms with van der Waals surface area (Å²) in [6.45, 7) is 1.49. The SMILES string of the molecule is C1=C(c2ccccc2)N=C(CNc2cnc3ccccc3n2)C1.C1=C(c2ccccc2)N=C(COc2cnc3ccccc3n2)C1.C1=C(c2ccccc2)N=C(OCc2cnc3ccccc3n2)C1.C1=C(c2ccccc2)N=C(SCc2cnc3ccccc3n2)C1.c1ccc(-c2cnc(Sc3cnc4ccccc4n3)[nH]2)cc1. The molecular formula is C93H73N17O2S2. The van der Waals surface area contributed by atoms with Gasteiger partial charge >= 0.3 is 0 Å². The van der Waals surface area contributed by atoms with Crippen LogP contribution < -0.4 is 10.1 Å². The number of H-pyrrole nitrogens is 1. The number of thioether (sulfide) groups is 1. The van der Waals surface area contributed by atoms with Crippen LogP contribution in [-0.2, 0) is 17.1 Å². The average Bonchev–Trinajstić information content (AvgIpc) is 1.54. The Kier molecular flexibility index (Phi) is 24.0. The molecule has 10 heterocycles. The minimum atomic E-state index is 0.382. The molecule has 0 spiro atoms. The Bertz CT molecular complexity index is 5690. The third-order valence-electron chi connectivity index (χ3n) is 18.1. The first-order valence-corrected chi connectivity index (χ1v) is 39.0. The van der Waals surface area contributed by atoms with Crippen LogP contribution in [0.4, 0.5) is 5.82 Å². The lowest BCUT2D eigenvalue weighted by atomic mass is 10.1. The van der Waals surface area contributed by atoms with Gasteiger partial charge in [0.25, 0.3) is 0 Å². The molecule has 2 N–H and O–H groups in total. The zero-order valence-corrected chi connectivity index (χ0v) is 63.4. The van der Waals surface area contributed by atoms with Crippen LogP contribution in [0.2, 0.25) is 0 Å². The average molecular weight is 1520 g/mol. The van der Waals surface area contributed by atoms with Gasteiger partial charge in [-0.15, -0.1) is 11.8 Å². The fraction of sp³-hybridized carbons (Fsp3) is 0.0860. The summed E-state index contributed by atoms with van der Waals surface area (Å²) in [5.41, 5.74) is 23.6. The number of aliphatic imine (C=N–C) groups is 4. The van der Waals surface area contributed by atoms with Gasteiger partial charge in [0.2, 0.25) is 5.88 Å². The van der Waals surface area contributed by atoms with Crippen molar-refractivity contribution in [3.05, 3.63) is 368 Å². The Morgan fingerprint density at radius 1 is 0.325 bits per heavy atom. The molecule has 19 nitrogen and oxygen atoms in total. The number of hydrogen-bond acceptors (Lipinski definition) is 20. The van der Waals surface area contributed by atoms with E-state index in [-0.39, 0.29) is 0 Å². The molecular weight excluding hydrogens is 1450 g/mol. The highest BCUT2D eigenvalue weighted by Crippen LogP contribution is 2.31. The molecule has 0 bridgehead atoms. The molecule has 16 aromatic rings. The van der Waals surface area contributed by atoms with Crippen LogP contribution in [0.1, 0.15) is 59.3 Å². The van der Waals surface area contributed by atoms with Crippen molar-refractivity contribution in [2.75, 3.05) is 18.5 Å². The van der Waals surface area contributed by atoms with Crippen LogP contribution >= 0.6 is 23.5 Å². The van der Waals surface area contributed by atoms with Crippen molar-refractivity contribution < 1.29 is 9.47 Å². The van der Waals surface area contributed by atoms with Gasteiger partial charge in [-0.2, -0.15) is 0 Å². The largest absolute Gasteiger partial charge is 0.474 e. The number of aromatic amines is 1. The molecule has 0 atom stereocenters. The zero-order chi connectivity index (χ0) is 76.7. The Hall–Kier alpha value is -14.2. The monoisotopic (exact) mass is 1520 g/mol. The van der Waals surface area contributed by atoms with E-state index in [9.17, 15) is 0 Å². The molecule has 10 aromatic carbocycles. The molecule has 20 rings (SSSR count). The fourth-order valence-corrected chi connectivity index (χ4v) is 13.9. The third kappa shape index (κ3) is 19.9. The van der Waals surface area contributed by atoms with E-state index in [1.807, 2.05) is 237 Å². The van der Waals surface area contributed by atoms with Crippen molar-refractivity contribution in [2.45, 2.75) is 48.2 Å². The van der Waals surface area contributed by atoms with Gasteiger partial charge in [-0.3, -0.25) is 29.9 Å². The Morgan fingerprint density at radius 3 is 1.32 bits per heavy atom. The Morgan fingerprint density at radius 2 is 0.746 bits per heavy atom. The minimum Gasteiger partial charge on any atom is -0.474 e. The quantitative estimate of drug-likeness (QED) is 0.0862. The number of nitrogens with one attached hydrogen (secondary N) is 2. The van der Waals surface area contributed by atoms with Crippen molar-refractivity contribution in [1.82, 2.24) is 59.8 Å². The summed E-state index contributed by atoms with van der Waals surface area (Å²) in [4.78, 5) is 71.2. The number of benzene rings is 10. The summed E-state index contributed by atoms with van der Waals surface area (Å²) in [5, 5.41) is 6.09. The van der Waals surface area contributed by atoms with E-state index in [1.54, 1.807) is 36.5 Å². The molecule has 0 amide bonds. The molecule has 0 saturated heterocycles. The van der Waals surface area contributed by atoms with Crippen LogP contribution in [-0.4, -0.2) is 95.3 Å². The highest BCUT2D eigenvalue weighted by atomic mass is 32.2. The third-order valence-corrected chi connectivity index (χ3v) is 19.9. The number of fused-ring (bicyclic) bond motifs is 5. The lowest BCUT2D eigenvalue weighted by molar-refractivity contribution is 0.283. The smallest absolute Gasteiger partial charge is 0.233 e. The van der Waals surface area contributed by atoms with E-state index in [0.29, 0.717) is 32.1 Å². The number of allylic oxidation sites excluding steroid dienone is 3. The zero-order valence-electron chi connectivity index (χ0n) is 61.8. The molecule has 0 saturated carbocycles. The first kappa shape index (κ1) is 74.0. The highest BCUT2D eigenvalue weighted by molar-refractivity contribution is 8.13. The summed E-state index contributed by atoms with van der Waals surface area (Å²) in [6, 6.07) is 90.2. The first-order valence-electron chi connectivity index (χ1n) is 37.2. The molecule has 21 heteroatoms. The number of aromatic nitrogens is 12. The van der Waals surface area contributed by atoms with E-state index in [4.69, 9.17) is 19.5 Å². The number of para-hydroxylation sites is 10. The summed E-state index contributed by atoms with van der Waals surface area (Å²) < 4.78 is 11.5. The number of anilines is 1. The second kappa shape index (κ2) is 37.0. The summed E-state index contributed by atoms with van der Waals surface area (Å²) in [5.74, 6) is 2.82. The number of hydrogen-bond donors (Lipinski definition) is 2. The Labute approximate surface area is 666 Å². The van der Waals surface area contributed by atoms with Gasteiger partial charge in [-0.25, -0.2) is 44.9 Å². The molecule has 4 aliphatic heterocycles. The normalized spacial score (nSPS) is 13.2. The van der Waals surface area contributed by atoms with Crippen molar-refractivity contribution in [3.63, 3.8) is 0 Å². The van der Waals surface area contributed by atoms with Gasteiger partial charge < -0.3 is 19.8 Å². The van der Waals surface area contributed by atoms with Crippen LogP contribution in [0.15, 0.2) is 365 Å². The molecule has 6 aromatic heterocycles. The van der Waals surface area contributed by atoms with Crippen molar-refractivity contribution in [1.29, 1.82) is 0 Å². The maximum Gasteiger partial charge on any atom is 0.233 e. The van der Waals surface area contributed by atoms with Crippen LogP contribution in [0.3, 0.4) is 0 Å². The van der Waals surface area contributed by atoms with E-state index >= 15 is 0 Å². The minimum absolute atomic E-state index is 0.382. The number of rotatable bonds is 17. The molecule has 0 radical (unpaired) electrons. The predicted octanol–water partition coefficient (Wildman–Crippen LogP) is 20.7. The predicted molar refractivity (Wildman–Crippen MR) is 462 cm³/mol. The fourth-order valence-electron chi connectivity index (χ4n) is 12.4. The van der Waals surface area contributed by atoms with Gasteiger partial charge in [0.05, 0.1) is 143 Å². The van der Waals surface area contributed by atoms with Crippen LogP contribution in [0.5, 0.6) is 5.88 Å². The lowest BCUT2D eigenvalue weighted by Crippen LogP contribution is -2.12. The summed E-state index contributed by atoms with van der Waals surface area (Å²) >= 11 is 3.22. The molecule has 0 fully saturated rings. The second-order valence-electron chi connectivity index (χ2n) is 26.1. The summed E-state index contributed by atoms with van der Waals surface area (Å²) in [6.07, 6.45) is 22.5. The molecule has 0 unspecified atom stereocenters. The van der Waals surface area contributed by atoms with Crippen LogP contribution in [0.25, 0.3) is 89.2 Å². The number of ether oxygens (including phenoxy) is 2. The van der Waals surface area contributed by atoms with E-state index < -0.39 is 0 Å². The lowest BCUT2D eigenvalue weighted by Gasteiger charge is -2.06. The van der Waals surface area contributed by atoms with Gasteiger partial charge in [0.1, 0.15) is 24.1 Å². The molecule has 554 valence electrons. The Balaban J connectivity index is 0.000000107. The highest BCUT2D eigenvalue weighted by Gasteiger charge is 2.17. The maximum absolute atomic E-state index is 5.79.